The molecule has 3 unspecified atom stereocenters. The summed E-state index contributed by atoms with van der Waals surface area (Å²) in [4.78, 5) is 28.2. The number of likely N-dealkylation sites (tertiary alicyclic amines) is 2. The van der Waals surface area contributed by atoms with E-state index in [-0.39, 0.29) is 18.0 Å². The van der Waals surface area contributed by atoms with E-state index in [0.29, 0.717) is 42.8 Å². The van der Waals surface area contributed by atoms with Crippen LogP contribution in [0.3, 0.4) is 0 Å². The van der Waals surface area contributed by atoms with Gasteiger partial charge in [-0.25, -0.2) is 4.79 Å². The van der Waals surface area contributed by atoms with Crippen LogP contribution in [0.25, 0.3) is 0 Å². The zero-order valence-electron chi connectivity index (χ0n) is 17.8. The van der Waals surface area contributed by atoms with Crippen LogP contribution in [0.2, 0.25) is 0 Å². The van der Waals surface area contributed by atoms with Gasteiger partial charge in [-0.05, 0) is 49.4 Å². The standard InChI is InChI=1S/C22H31N5O3/c1-3-24-22(29)27-12-18-8-19(13-27)11-26(10-18)14-20(25-16(2)28)15-30-21-6-4-17(9-23)5-7-21/h4-7,18-20H,3,8,10-15H2,1-2H3,(H,24,29)(H,25,28). The van der Waals surface area contributed by atoms with Crippen molar-refractivity contribution in [3.05, 3.63) is 29.8 Å². The average Bonchev–Trinajstić information content (AvgIpc) is 2.71. The van der Waals surface area contributed by atoms with Crippen LogP contribution in [0.4, 0.5) is 4.79 Å². The molecule has 8 nitrogen and oxygen atoms in total. The maximum atomic E-state index is 12.2. The van der Waals surface area contributed by atoms with E-state index in [2.05, 4.69) is 21.6 Å². The Labute approximate surface area is 178 Å². The smallest absolute Gasteiger partial charge is 0.317 e. The predicted octanol–water partition coefficient (Wildman–Crippen LogP) is 1.42. The number of nitriles is 1. The number of hydrogen-bond acceptors (Lipinski definition) is 5. The van der Waals surface area contributed by atoms with Gasteiger partial charge in [0.05, 0.1) is 17.7 Å². The Hall–Kier alpha value is -2.79. The van der Waals surface area contributed by atoms with Crippen molar-refractivity contribution in [1.82, 2.24) is 20.4 Å². The SMILES string of the molecule is CCNC(=O)N1CC2CC(CN(CC(COc3ccc(C#N)cc3)NC(C)=O)C2)C1. The topological polar surface area (TPSA) is 97.7 Å². The molecular weight excluding hydrogens is 382 g/mol. The molecule has 2 saturated heterocycles. The normalized spacial score (nSPS) is 22.0. The molecule has 0 radical (unpaired) electrons. The van der Waals surface area contributed by atoms with Crippen molar-refractivity contribution >= 4 is 11.9 Å². The monoisotopic (exact) mass is 413 g/mol. The van der Waals surface area contributed by atoms with E-state index in [1.165, 1.54) is 6.92 Å². The lowest BCUT2D eigenvalue weighted by Gasteiger charge is -2.46. The van der Waals surface area contributed by atoms with Crippen LogP contribution in [0, 0.1) is 23.2 Å². The molecule has 3 amide bonds. The molecule has 2 aliphatic rings. The quantitative estimate of drug-likeness (QED) is 0.705. The van der Waals surface area contributed by atoms with Crippen LogP contribution in [-0.4, -0.2) is 73.7 Å². The summed E-state index contributed by atoms with van der Waals surface area (Å²) in [6.45, 7) is 8.58. The molecule has 0 aliphatic carbocycles. The number of rotatable bonds is 7. The summed E-state index contributed by atoms with van der Waals surface area (Å²) in [5.74, 6) is 1.51. The number of piperidine rings is 2. The molecule has 1 aromatic carbocycles. The van der Waals surface area contributed by atoms with Crippen molar-refractivity contribution in [3.63, 3.8) is 0 Å². The average molecular weight is 414 g/mol. The summed E-state index contributed by atoms with van der Waals surface area (Å²) in [6, 6.07) is 8.97. The molecule has 2 N–H and O–H groups in total. The third-order valence-electron chi connectivity index (χ3n) is 5.59. The van der Waals surface area contributed by atoms with E-state index in [0.717, 1.165) is 32.6 Å². The number of nitrogens with zero attached hydrogens (tertiary/aromatic N) is 3. The number of hydrogen-bond donors (Lipinski definition) is 2. The first-order valence-corrected chi connectivity index (χ1v) is 10.6. The highest BCUT2D eigenvalue weighted by Crippen LogP contribution is 2.28. The second-order valence-corrected chi connectivity index (χ2v) is 8.27. The molecule has 1 aromatic rings. The van der Waals surface area contributed by atoms with Crippen LogP contribution < -0.4 is 15.4 Å². The molecule has 3 atom stereocenters. The van der Waals surface area contributed by atoms with E-state index in [4.69, 9.17) is 10.00 Å². The fourth-order valence-corrected chi connectivity index (χ4v) is 4.53. The molecule has 162 valence electrons. The van der Waals surface area contributed by atoms with Gasteiger partial charge in [0.25, 0.3) is 0 Å². The molecule has 8 heteroatoms. The first-order chi connectivity index (χ1) is 14.5. The number of ether oxygens (including phenoxy) is 1. The Kier molecular flexibility index (Phi) is 7.52. The van der Waals surface area contributed by atoms with Gasteiger partial charge in [-0.15, -0.1) is 0 Å². The van der Waals surface area contributed by atoms with Crippen molar-refractivity contribution in [2.45, 2.75) is 26.3 Å². The number of amides is 3. The lowest BCUT2D eigenvalue weighted by molar-refractivity contribution is -0.120. The Morgan fingerprint density at radius 3 is 2.43 bits per heavy atom. The number of carbonyl (C=O) groups excluding carboxylic acids is 2. The lowest BCUT2D eigenvalue weighted by atomic mass is 9.84. The zero-order chi connectivity index (χ0) is 21.5. The van der Waals surface area contributed by atoms with Gasteiger partial charge in [0.2, 0.25) is 5.91 Å². The minimum absolute atomic E-state index is 0.0348. The molecule has 2 bridgehead atoms. The van der Waals surface area contributed by atoms with Crippen molar-refractivity contribution in [2.24, 2.45) is 11.8 Å². The molecule has 30 heavy (non-hydrogen) atoms. The van der Waals surface area contributed by atoms with Crippen molar-refractivity contribution in [2.75, 3.05) is 45.9 Å². The molecular formula is C22H31N5O3. The van der Waals surface area contributed by atoms with Crippen molar-refractivity contribution in [1.29, 1.82) is 5.26 Å². The fraction of sp³-hybridized carbons (Fsp3) is 0.591. The predicted molar refractivity (Wildman–Crippen MR) is 113 cm³/mol. The lowest BCUT2D eigenvalue weighted by Crippen LogP contribution is -2.58. The number of urea groups is 1. The third-order valence-corrected chi connectivity index (χ3v) is 5.59. The molecule has 2 heterocycles. The van der Waals surface area contributed by atoms with Gasteiger partial charge >= 0.3 is 6.03 Å². The number of carbonyl (C=O) groups is 2. The van der Waals surface area contributed by atoms with Gasteiger partial charge in [-0.1, -0.05) is 0 Å². The highest BCUT2D eigenvalue weighted by atomic mass is 16.5. The largest absolute Gasteiger partial charge is 0.491 e. The Balaban J connectivity index is 1.54. The van der Waals surface area contributed by atoms with E-state index >= 15 is 0 Å². The summed E-state index contributed by atoms with van der Waals surface area (Å²) in [5.41, 5.74) is 0.585. The van der Waals surface area contributed by atoms with Gasteiger partial charge in [0.15, 0.2) is 0 Å². The number of fused-ring (bicyclic) bond motifs is 2. The molecule has 2 fully saturated rings. The number of nitrogens with one attached hydrogen (secondary N) is 2. The Morgan fingerprint density at radius 2 is 1.87 bits per heavy atom. The highest BCUT2D eigenvalue weighted by Gasteiger charge is 2.36. The van der Waals surface area contributed by atoms with E-state index < -0.39 is 0 Å². The minimum Gasteiger partial charge on any atom is -0.491 e. The fourth-order valence-electron chi connectivity index (χ4n) is 4.53. The maximum Gasteiger partial charge on any atom is 0.317 e. The van der Waals surface area contributed by atoms with Gasteiger partial charge in [0, 0.05) is 46.2 Å². The maximum absolute atomic E-state index is 12.2. The Morgan fingerprint density at radius 1 is 1.20 bits per heavy atom. The number of benzene rings is 1. The van der Waals surface area contributed by atoms with Crippen LogP contribution in [0.15, 0.2) is 24.3 Å². The van der Waals surface area contributed by atoms with Gasteiger partial charge in [0.1, 0.15) is 12.4 Å². The summed E-state index contributed by atoms with van der Waals surface area (Å²) in [5, 5.41) is 14.8. The molecule has 2 aliphatic heterocycles. The third kappa shape index (κ3) is 6.10. The Bertz CT molecular complexity index is 762. The summed E-state index contributed by atoms with van der Waals surface area (Å²) in [6.07, 6.45) is 1.15. The minimum atomic E-state index is -0.128. The second-order valence-electron chi connectivity index (χ2n) is 8.27. The van der Waals surface area contributed by atoms with Crippen LogP contribution >= 0.6 is 0 Å². The zero-order valence-corrected chi connectivity index (χ0v) is 17.8. The molecule has 0 saturated carbocycles. The first-order valence-electron chi connectivity index (χ1n) is 10.6. The van der Waals surface area contributed by atoms with E-state index in [9.17, 15) is 9.59 Å². The summed E-state index contributed by atoms with van der Waals surface area (Å²) < 4.78 is 5.87. The first kappa shape index (κ1) is 21.9. The van der Waals surface area contributed by atoms with Crippen LogP contribution in [-0.2, 0) is 4.79 Å². The molecule has 3 rings (SSSR count). The van der Waals surface area contributed by atoms with Gasteiger partial charge < -0.3 is 25.2 Å². The summed E-state index contributed by atoms with van der Waals surface area (Å²) in [7, 11) is 0. The van der Waals surface area contributed by atoms with Gasteiger partial charge in [-0.2, -0.15) is 5.26 Å². The van der Waals surface area contributed by atoms with E-state index in [1.807, 2.05) is 11.8 Å². The van der Waals surface area contributed by atoms with Crippen molar-refractivity contribution < 1.29 is 14.3 Å². The second kappa shape index (κ2) is 10.3. The molecule has 0 spiro atoms. The van der Waals surface area contributed by atoms with Crippen LogP contribution in [0.5, 0.6) is 5.75 Å². The van der Waals surface area contributed by atoms with Gasteiger partial charge in [-0.3, -0.25) is 4.79 Å². The summed E-state index contributed by atoms with van der Waals surface area (Å²) >= 11 is 0. The van der Waals surface area contributed by atoms with E-state index in [1.54, 1.807) is 24.3 Å². The van der Waals surface area contributed by atoms with Crippen molar-refractivity contribution in [3.8, 4) is 11.8 Å². The highest BCUT2D eigenvalue weighted by molar-refractivity contribution is 5.74. The molecule has 0 aromatic heterocycles. The van der Waals surface area contributed by atoms with Crippen LogP contribution in [0.1, 0.15) is 25.8 Å².